The van der Waals surface area contributed by atoms with Crippen LogP contribution in [0.1, 0.15) is 43.0 Å². The largest absolute Gasteiger partial charge is 0.439 e. The third-order valence-corrected chi connectivity index (χ3v) is 9.38. The number of aryl methyl sites for hydroxylation is 4. The lowest BCUT2D eigenvalue weighted by atomic mass is 9.98. The molecule has 0 aliphatic carbocycles. The highest BCUT2D eigenvalue weighted by atomic mass is 16.5. The van der Waals surface area contributed by atoms with Gasteiger partial charge in [-0.1, -0.05) is 165 Å². The molecule has 8 nitrogen and oxygen atoms in total. The van der Waals surface area contributed by atoms with Gasteiger partial charge in [0.05, 0.1) is 0 Å². The minimum Gasteiger partial charge on any atom is -0.388 e. The van der Waals surface area contributed by atoms with E-state index in [1.807, 2.05) is 48.5 Å². The number of aromatic nitrogens is 4. The van der Waals surface area contributed by atoms with Crippen molar-refractivity contribution in [2.75, 3.05) is 0 Å². The summed E-state index contributed by atoms with van der Waals surface area (Å²) in [5, 5.41) is 9.96. The quantitative estimate of drug-likeness (QED) is 0.161. The highest BCUT2D eigenvalue weighted by molar-refractivity contribution is 5.81. The molecule has 8 rings (SSSR count). The number of rotatable bonds is 8. The number of hydrogen-bond donors (Lipinski definition) is 2. The molecule has 0 unspecified atom stereocenters. The van der Waals surface area contributed by atoms with Gasteiger partial charge >= 0.3 is 11.5 Å². The fraction of sp³-hybridized carbons (Fsp3) is 0.149. The molecule has 0 spiro atoms. The lowest BCUT2D eigenvalue weighted by Gasteiger charge is -2.07. The summed E-state index contributed by atoms with van der Waals surface area (Å²) in [7, 11) is 0. The van der Waals surface area contributed by atoms with Crippen LogP contribution in [0.25, 0.3) is 56.2 Å². The van der Waals surface area contributed by atoms with Gasteiger partial charge < -0.3 is 4.42 Å². The molecule has 0 saturated heterocycles. The molecule has 0 aliphatic rings. The molecule has 0 aliphatic heterocycles. The number of benzene rings is 6. The van der Waals surface area contributed by atoms with E-state index in [0.717, 1.165) is 52.6 Å². The molecule has 8 aromatic rings. The van der Waals surface area contributed by atoms with Crippen molar-refractivity contribution >= 4 is 0 Å². The summed E-state index contributed by atoms with van der Waals surface area (Å²) in [6.07, 6.45) is 3.13. The Morgan fingerprint density at radius 2 is 0.909 bits per heavy atom. The predicted molar refractivity (Wildman–Crippen MR) is 221 cm³/mol. The molecular weight excluding hydrogens is 685 g/mol. The standard InChI is InChI=1S/2C16H14N2O2.C15H16/c1-2-11-7-9-12(10-8-11)13-5-3-4-6-14(13)15-17-18-16(19)20-15;1-2-11-7-9-12(10-8-11)13-5-3-4-6-14(13)15-17-16(19)20-18-15;1-3-13-8-10-14(11-9-13)15-7-5-4-6-12(15)2/h3-10H,2H2,1H3,(H,18,19);3-10H,2H2,1H3,(H,17,18,19);4-11H,3H2,1-2H3. The molecule has 0 amide bonds. The Hall–Kier alpha value is -6.80. The van der Waals surface area contributed by atoms with Gasteiger partial charge in [0.15, 0.2) is 5.82 Å². The summed E-state index contributed by atoms with van der Waals surface area (Å²) in [5.74, 6) is -0.331. The second-order valence-corrected chi connectivity index (χ2v) is 12.9. The highest BCUT2D eigenvalue weighted by Gasteiger charge is 2.13. The van der Waals surface area contributed by atoms with Gasteiger partial charge in [0, 0.05) is 11.1 Å². The van der Waals surface area contributed by atoms with Crippen LogP contribution in [0.2, 0.25) is 0 Å². The SMILES string of the molecule is CCc1ccc(-c2ccccc2-c2n[nH]c(=O)o2)cc1.CCc1ccc(-c2ccccc2-c2noc(=O)[nH]2)cc1.CCc1ccc(-c2ccccc2C)cc1. The second-order valence-electron chi connectivity index (χ2n) is 12.9. The Kier molecular flexibility index (Phi) is 12.6. The second kappa shape index (κ2) is 18.3. The Bertz CT molecular complexity index is 2410. The van der Waals surface area contributed by atoms with Crippen molar-refractivity contribution in [3.63, 3.8) is 0 Å². The van der Waals surface area contributed by atoms with Crippen LogP contribution in [0.15, 0.2) is 164 Å². The maximum atomic E-state index is 11.1. The van der Waals surface area contributed by atoms with E-state index in [9.17, 15) is 9.59 Å². The van der Waals surface area contributed by atoms with Crippen LogP contribution in [0, 0.1) is 6.92 Å². The van der Waals surface area contributed by atoms with Crippen molar-refractivity contribution < 1.29 is 8.94 Å². The van der Waals surface area contributed by atoms with Gasteiger partial charge in [-0.3, -0.25) is 9.51 Å². The zero-order valence-corrected chi connectivity index (χ0v) is 31.5. The molecule has 2 heterocycles. The van der Waals surface area contributed by atoms with E-state index in [0.29, 0.717) is 11.7 Å². The lowest BCUT2D eigenvalue weighted by Crippen LogP contribution is -1.95. The van der Waals surface area contributed by atoms with Gasteiger partial charge in [-0.25, -0.2) is 14.7 Å². The molecule has 6 aromatic carbocycles. The normalized spacial score (nSPS) is 10.5. The van der Waals surface area contributed by atoms with Gasteiger partial charge in [0.25, 0.3) is 0 Å². The molecule has 55 heavy (non-hydrogen) atoms. The Labute approximate surface area is 320 Å². The molecule has 2 N–H and O–H groups in total. The van der Waals surface area contributed by atoms with Crippen molar-refractivity contribution in [3.05, 3.63) is 189 Å². The number of nitrogens with zero attached hydrogens (tertiary/aromatic N) is 2. The molecular formula is C47H44N4O4. The first-order valence-electron chi connectivity index (χ1n) is 18.5. The summed E-state index contributed by atoms with van der Waals surface area (Å²) in [6, 6.07) is 49.6. The fourth-order valence-corrected chi connectivity index (χ4v) is 6.21. The van der Waals surface area contributed by atoms with Crippen molar-refractivity contribution in [2.24, 2.45) is 0 Å². The van der Waals surface area contributed by atoms with E-state index in [4.69, 9.17) is 4.42 Å². The summed E-state index contributed by atoms with van der Waals surface area (Å²) in [6.45, 7) is 8.59. The van der Waals surface area contributed by atoms with E-state index in [-0.39, 0.29) is 0 Å². The average molecular weight is 729 g/mol. The van der Waals surface area contributed by atoms with Crippen LogP contribution < -0.4 is 11.5 Å². The van der Waals surface area contributed by atoms with Crippen molar-refractivity contribution in [1.82, 2.24) is 20.3 Å². The zero-order valence-electron chi connectivity index (χ0n) is 31.5. The van der Waals surface area contributed by atoms with E-state index in [1.54, 1.807) is 0 Å². The first-order chi connectivity index (χ1) is 26.9. The average Bonchev–Trinajstić information content (AvgIpc) is 3.89. The first kappa shape index (κ1) is 37.9. The number of aromatic amines is 2. The smallest absolute Gasteiger partial charge is 0.388 e. The number of nitrogens with one attached hydrogen (secondary N) is 2. The van der Waals surface area contributed by atoms with Crippen molar-refractivity contribution in [3.8, 4) is 56.2 Å². The Morgan fingerprint density at radius 1 is 0.491 bits per heavy atom. The minimum absolute atomic E-state index is 0.310. The number of H-pyrrole nitrogens is 2. The van der Waals surface area contributed by atoms with E-state index in [1.165, 1.54) is 33.4 Å². The van der Waals surface area contributed by atoms with Crippen LogP contribution >= 0.6 is 0 Å². The minimum atomic E-state index is -0.545. The topological polar surface area (TPSA) is 118 Å². The van der Waals surface area contributed by atoms with Crippen molar-refractivity contribution in [2.45, 2.75) is 47.0 Å². The molecule has 2 aromatic heterocycles. The molecule has 276 valence electrons. The first-order valence-corrected chi connectivity index (χ1v) is 18.5. The molecule has 8 heteroatoms. The van der Waals surface area contributed by atoms with Gasteiger partial charge in [-0.2, -0.15) is 0 Å². The van der Waals surface area contributed by atoms with E-state index >= 15 is 0 Å². The highest BCUT2D eigenvalue weighted by Crippen LogP contribution is 2.31. The van der Waals surface area contributed by atoms with Crippen molar-refractivity contribution in [1.29, 1.82) is 0 Å². The molecule has 0 bridgehead atoms. The van der Waals surface area contributed by atoms with Crippen LogP contribution in [-0.2, 0) is 19.3 Å². The van der Waals surface area contributed by atoms with Crippen LogP contribution in [0.4, 0.5) is 0 Å². The molecule has 0 atom stereocenters. The van der Waals surface area contributed by atoms with E-state index < -0.39 is 11.5 Å². The Balaban J connectivity index is 0.000000142. The molecule has 0 saturated carbocycles. The number of hydrogen-bond acceptors (Lipinski definition) is 6. The third-order valence-electron chi connectivity index (χ3n) is 9.38. The monoisotopic (exact) mass is 728 g/mol. The Morgan fingerprint density at radius 3 is 1.33 bits per heavy atom. The third kappa shape index (κ3) is 9.60. The summed E-state index contributed by atoms with van der Waals surface area (Å²) < 4.78 is 9.64. The lowest BCUT2D eigenvalue weighted by molar-refractivity contribution is 0.388. The maximum absolute atomic E-state index is 11.1. The van der Waals surface area contributed by atoms with Gasteiger partial charge in [-0.15, -0.1) is 5.10 Å². The molecule has 0 fully saturated rings. The van der Waals surface area contributed by atoms with Gasteiger partial charge in [-0.05, 0) is 87.9 Å². The van der Waals surface area contributed by atoms with Gasteiger partial charge in [0.1, 0.15) is 0 Å². The zero-order chi connectivity index (χ0) is 38.6. The summed E-state index contributed by atoms with van der Waals surface area (Å²) >= 11 is 0. The maximum Gasteiger partial charge on any atom is 0.439 e. The van der Waals surface area contributed by atoms with Crippen LogP contribution in [0.5, 0.6) is 0 Å². The predicted octanol–water partition coefficient (Wildman–Crippen LogP) is 10.7. The van der Waals surface area contributed by atoms with Crippen LogP contribution in [0.3, 0.4) is 0 Å². The molecule has 0 radical (unpaired) electrons. The van der Waals surface area contributed by atoms with Gasteiger partial charge in [0.2, 0.25) is 5.89 Å². The summed E-state index contributed by atoms with van der Waals surface area (Å²) in [5.41, 5.74) is 13.8. The fourth-order valence-electron chi connectivity index (χ4n) is 6.21. The van der Waals surface area contributed by atoms with E-state index in [2.05, 4.69) is 150 Å². The van der Waals surface area contributed by atoms with Crippen LogP contribution in [-0.4, -0.2) is 20.3 Å². The summed E-state index contributed by atoms with van der Waals surface area (Å²) in [4.78, 5) is 24.8.